The van der Waals surface area contributed by atoms with Gasteiger partial charge in [0, 0.05) is 5.56 Å². The maximum Gasteiger partial charge on any atom is 0.119 e. The highest BCUT2D eigenvalue weighted by Crippen LogP contribution is 2.21. The molecule has 0 N–H and O–H groups in total. The van der Waals surface area contributed by atoms with Crippen LogP contribution in [0.1, 0.15) is 83.7 Å². The molecule has 1 heterocycles. The molecule has 0 aliphatic heterocycles. The van der Waals surface area contributed by atoms with E-state index in [1.165, 1.54) is 57.8 Å². The van der Waals surface area contributed by atoms with Gasteiger partial charge in [-0.3, -0.25) is 0 Å². The Balaban J connectivity index is 1.74. The number of nitrogens with zero attached hydrogens (tertiary/aromatic N) is 2. The van der Waals surface area contributed by atoms with Gasteiger partial charge in [-0.1, -0.05) is 65.2 Å². The van der Waals surface area contributed by atoms with Gasteiger partial charge >= 0.3 is 0 Å². The fraction of sp³-hybridized carbons (Fsp3) is 0.583. The third-order valence-electron chi connectivity index (χ3n) is 4.92. The zero-order valence-corrected chi connectivity index (χ0v) is 17.3. The summed E-state index contributed by atoms with van der Waals surface area (Å²) in [6.07, 6.45) is 13.8. The molecule has 0 unspecified atom stereocenters. The van der Waals surface area contributed by atoms with E-state index in [-0.39, 0.29) is 0 Å². The van der Waals surface area contributed by atoms with Crippen LogP contribution in [0.4, 0.5) is 0 Å². The van der Waals surface area contributed by atoms with Gasteiger partial charge in [-0.15, -0.1) is 0 Å². The van der Waals surface area contributed by atoms with Crippen LogP contribution in [0.5, 0.6) is 5.75 Å². The lowest BCUT2D eigenvalue weighted by atomic mass is 10.1. The van der Waals surface area contributed by atoms with Crippen molar-refractivity contribution in [3.8, 4) is 17.0 Å². The molecule has 0 aliphatic rings. The van der Waals surface area contributed by atoms with Gasteiger partial charge in [-0.25, -0.2) is 0 Å². The van der Waals surface area contributed by atoms with E-state index in [1.54, 1.807) is 0 Å². The van der Waals surface area contributed by atoms with E-state index in [2.05, 4.69) is 48.3 Å². The average molecular weight is 369 g/mol. The van der Waals surface area contributed by atoms with Crippen molar-refractivity contribution in [2.75, 3.05) is 6.61 Å². The van der Waals surface area contributed by atoms with Crippen molar-refractivity contribution in [1.29, 1.82) is 0 Å². The molecule has 0 amide bonds. The van der Waals surface area contributed by atoms with Gasteiger partial charge in [0.2, 0.25) is 0 Å². The third-order valence-corrected chi connectivity index (χ3v) is 4.92. The second-order valence-corrected chi connectivity index (χ2v) is 7.36. The van der Waals surface area contributed by atoms with Crippen molar-refractivity contribution >= 4 is 0 Å². The van der Waals surface area contributed by atoms with Crippen LogP contribution >= 0.6 is 0 Å². The molecule has 1 aromatic heterocycles. The van der Waals surface area contributed by atoms with Crippen molar-refractivity contribution < 1.29 is 4.74 Å². The predicted octanol–water partition coefficient (Wildman–Crippen LogP) is 7.01. The van der Waals surface area contributed by atoms with Crippen LogP contribution < -0.4 is 4.74 Å². The van der Waals surface area contributed by atoms with E-state index < -0.39 is 0 Å². The van der Waals surface area contributed by atoms with Crippen molar-refractivity contribution in [1.82, 2.24) is 10.2 Å². The summed E-state index contributed by atoms with van der Waals surface area (Å²) >= 11 is 0. The van der Waals surface area contributed by atoms with Crippen LogP contribution in [0.15, 0.2) is 36.4 Å². The van der Waals surface area contributed by atoms with Gasteiger partial charge in [-0.05, 0) is 55.7 Å². The lowest BCUT2D eigenvalue weighted by Gasteiger charge is -2.07. The zero-order valence-electron chi connectivity index (χ0n) is 17.3. The summed E-state index contributed by atoms with van der Waals surface area (Å²) in [5.41, 5.74) is 3.11. The second-order valence-electron chi connectivity index (χ2n) is 7.36. The van der Waals surface area contributed by atoms with Crippen LogP contribution in [0.3, 0.4) is 0 Å². The second kappa shape index (κ2) is 13.3. The lowest BCUT2D eigenvalue weighted by molar-refractivity contribution is 0.304. The molecule has 2 rings (SSSR count). The van der Waals surface area contributed by atoms with Crippen molar-refractivity contribution in [3.05, 3.63) is 42.1 Å². The minimum absolute atomic E-state index is 0.801. The predicted molar refractivity (Wildman–Crippen MR) is 114 cm³/mol. The molecule has 0 aliphatic carbocycles. The van der Waals surface area contributed by atoms with E-state index in [1.807, 2.05) is 12.1 Å². The Bertz CT molecular complexity index is 607. The number of benzene rings is 1. The van der Waals surface area contributed by atoms with Crippen LogP contribution in [0, 0.1) is 0 Å². The molecule has 0 saturated carbocycles. The van der Waals surface area contributed by atoms with Crippen LogP contribution in [-0.4, -0.2) is 16.8 Å². The fourth-order valence-electron chi connectivity index (χ4n) is 3.17. The maximum atomic E-state index is 5.83. The highest BCUT2D eigenvalue weighted by Gasteiger charge is 2.03. The first-order chi connectivity index (χ1) is 13.3. The monoisotopic (exact) mass is 368 g/mol. The van der Waals surface area contributed by atoms with Crippen molar-refractivity contribution in [2.45, 2.75) is 84.5 Å². The number of aryl methyl sites for hydroxylation is 1. The van der Waals surface area contributed by atoms with E-state index in [4.69, 9.17) is 4.74 Å². The van der Waals surface area contributed by atoms with Gasteiger partial charge in [0.1, 0.15) is 5.75 Å². The van der Waals surface area contributed by atoms with Gasteiger partial charge in [-0.2, -0.15) is 10.2 Å². The first kappa shape index (κ1) is 21.4. The summed E-state index contributed by atoms with van der Waals surface area (Å²) in [6.45, 7) is 5.29. The highest BCUT2D eigenvalue weighted by molar-refractivity contribution is 5.59. The number of hydrogen-bond acceptors (Lipinski definition) is 3. The summed E-state index contributed by atoms with van der Waals surface area (Å²) in [4.78, 5) is 0. The molecule has 0 fully saturated rings. The van der Waals surface area contributed by atoms with Crippen LogP contribution in [0.25, 0.3) is 11.3 Å². The van der Waals surface area contributed by atoms with Gasteiger partial charge in [0.25, 0.3) is 0 Å². The number of hydrogen-bond donors (Lipinski definition) is 0. The SMILES string of the molecule is CCCCCCCOc1ccc(-c2ccc(CCCCCCC)nn2)cc1. The molecule has 3 nitrogen and oxygen atoms in total. The molecule has 1 aromatic carbocycles. The minimum atomic E-state index is 0.801. The summed E-state index contributed by atoms with van der Waals surface area (Å²) in [7, 11) is 0. The average Bonchev–Trinajstić information content (AvgIpc) is 2.71. The molecule has 0 radical (unpaired) electrons. The maximum absolute atomic E-state index is 5.83. The van der Waals surface area contributed by atoms with Gasteiger partial charge in [0.05, 0.1) is 18.0 Å². The summed E-state index contributed by atoms with van der Waals surface area (Å²) < 4.78 is 5.83. The van der Waals surface area contributed by atoms with Crippen LogP contribution in [-0.2, 0) is 6.42 Å². The quantitative estimate of drug-likeness (QED) is 0.336. The molecular weight excluding hydrogens is 332 g/mol. The van der Waals surface area contributed by atoms with E-state index in [0.29, 0.717) is 0 Å². The van der Waals surface area contributed by atoms with Crippen molar-refractivity contribution in [3.63, 3.8) is 0 Å². The highest BCUT2D eigenvalue weighted by atomic mass is 16.5. The Hall–Kier alpha value is -1.90. The lowest BCUT2D eigenvalue weighted by Crippen LogP contribution is -1.97. The van der Waals surface area contributed by atoms with Crippen LogP contribution in [0.2, 0.25) is 0 Å². The molecule has 3 heteroatoms. The topological polar surface area (TPSA) is 35.0 Å². The third kappa shape index (κ3) is 8.55. The Kier molecular flexibility index (Phi) is 10.5. The molecule has 0 saturated heterocycles. The summed E-state index contributed by atoms with van der Waals surface area (Å²) in [6, 6.07) is 12.4. The Morgan fingerprint density at radius 3 is 1.96 bits per heavy atom. The molecule has 2 aromatic rings. The Morgan fingerprint density at radius 1 is 0.667 bits per heavy atom. The number of unbranched alkanes of at least 4 members (excludes halogenated alkanes) is 8. The molecular formula is C24H36N2O. The Labute approximate surface area is 165 Å². The fourth-order valence-corrected chi connectivity index (χ4v) is 3.17. The Morgan fingerprint density at radius 2 is 1.33 bits per heavy atom. The van der Waals surface area contributed by atoms with Crippen molar-refractivity contribution in [2.24, 2.45) is 0 Å². The molecule has 0 atom stereocenters. The smallest absolute Gasteiger partial charge is 0.119 e. The number of rotatable bonds is 14. The van der Waals surface area contributed by atoms with Gasteiger partial charge in [0.15, 0.2) is 0 Å². The number of ether oxygens (including phenoxy) is 1. The number of aromatic nitrogens is 2. The van der Waals surface area contributed by atoms with Gasteiger partial charge < -0.3 is 4.74 Å². The molecule has 27 heavy (non-hydrogen) atoms. The van der Waals surface area contributed by atoms with E-state index in [9.17, 15) is 0 Å². The van der Waals surface area contributed by atoms with E-state index in [0.717, 1.165) is 42.1 Å². The first-order valence-electron chi connectivity index (χ1n) is 10.9. The molecule has 0 spiro atoms. The minimum Gasteiger partial charge on any atom is -0.494 e. The summed E-state index contributed by atoms with van der Waals surface area (Å²) in [5, 5.41) is 8.81. The molecule has 0 bridgehead atoms. The largest absolute Gasteiger partial charge is 0.494 e. The van der Waals surface area contributed by atoms with E-state index >= 15 is 0 Å². The first-order valence-corrected chi connectivity index (χ1v) is 10.9. The standard InChI is InChI=1S/C24H36N2O/c1-3-5-7-9-11-13-22-16-19-24(26-25-22)21-14-17-23(18-15-21)27-20-12-10-8-6-4-2/h14-19H,3-13,20H2,1-2H3. The molecule has 148 valence electrons. The summed E-state index contributed by atoms with van der Waals surface area (Å²) in [5.74, 6) is 0.936. The zero-order chi connectivity index (χ0) is 19.2. The normalized spacial score (nSPS) is 10.9.